The van der Waals surface area contributed by atoms with E-state index in [0.717, 1.165) is 11.3 Å². The van der Waals surface area contributed by atoms with Gasteiger partial charge >= 0.3 is 12.0 Å². The number of halogens is 2. The molecule has 2 amide bonds. The average Bonchev–Trinajstić information content (AvgIpc) is 2.74. The predicted molar refractivity (Wildman–Crippen MR) is 136 cm³/mol. The smallest absolute Gasteiger partial charge is 0.338 e. The van der Waals surface area contributed by atoms with Gasteiger partial charge in [-0.15, -0.1) is 0 Å². The van der Waals surface area contributed by atoms with Gasteiger partial charge in [0, 0.05) is 24.1 Å². The third-order valence-electron chi connectivity index (χ3n) is 5.00. The van der Waals surface area contributed by atoms with E-state index in [1.165, 1.54) is 0 Å². The lowest BCUT2D eigenvalue weighted by Gasteiger charge is -2.35. The van der Waals surface area contributed by atoms with E-state index in [-0.39, 0.29) is 6.10 Å². The van der Waals surface area contributed by atoms with E-state index in [1.807, 2.05) is 19.1 Å². The van der Waals surface area contributed by atoms with E-state index in [0.29, 0.717) is 32.1 Å². The van der Waals surface area contributed by atoms with Crippen molar-refractivity contribution in [2.24, 2.45) is 0 Å². The third kappa shape index (κ3) is 5.96. The van der Waals surface area contributed by atoms with Crippen LogP contribution in [0.25, 0.3) is 0 Å². The van der Waals surface area contributed by atoms with Crippen LogP contribution in [-0.4, -0.2) is 35.2 Å². The van der Waals surface area contributed by atoms with Crippen molar-refractivity contribution in [1.82, 2.24) is 10.2 Å². The maximum absolute atomic E-state index is 12.8. The summed E-state index contributed by atoms with van der Waals surface area (Å²) < 4.78 is 5.45. The molecular formula is C23H24Cl2N4O3S. The van der Waals surface area contributed by atoms with Gasteiger partial charge in [0.2, 0.25) is 0 Å². The standard InChI is InChI=1S/C23H24Cl2N4O3S/c1-12(2)32-21(30)19-13(3)29(4)23(33)28-20(19)14-5-7-15(8-6-14)26-22(31)27-16-9-10-17(24)18(25)11-16/h5-12,20H,1-4H3,(H,28,33)(H2,26,27,31). The topological polar surface area (TPSA) is 82.7 Å². The fourth-order valence-corrected chi connectivity index (χ4v) is 3.81. The Hall–Kier alpha value is -2.81. The molecule has 1 unspecified atom stereocenters. The number of carbonyl (C=O) groups is 2. The number of urea groups is 1. The van der Waals surface area contributed by atoms with Crippen molar-refractivity contribution in [1.29, 1.82) is 0 Å². The molecule has 0 fully saturated rings. The number of benzene rings is 2. The van der Waals surface area contributed by atoms with Crippen molar-refractivity contribution in [2.45, 2.75) is 32.9 Å². The Labute approximate surface area is 208 Å². The Morgan fingerprint density at radius 1 is 1.06 bits per heavy atom. The average molecular weight is 507 g/mol. The minimum atomic E-state index is -0.473. The second-order valence-electron chi connectivity index (χ2n) is 7.72. The van der Waals surface area contributed by atoms with Crippen LogP contribution in [0, 0.1) is 0 Å². The molecule has 0 radical (unpaired) electrons. The van der Waals surface area contributed by atoms with Crippen LogP contribution in [0.4, 0.5) is 16.2 Å². The first kappa shape index (κ1) is 24.8. The first-order valence-electron chi connectivity index (χ1n) is 10.2. The van der Waals surface area contributed by atoms with Gasteiger partial charge in [-0.2, -0.15) is 0 Å². The second-order valence-corrected chi connectivity index (χ2v) is 8.93. The SMILES string of the molecule is CC1=C(C(=O)OC(C)C)C(c2ccc(NC(=O)Nc3ccc(Cl)c(Cl)c3)cc2)NC(=S)N1C. The van der Waals surface area contributed by atoms with E-state index in [4.69, 9.17) is 40.2 Å². The zero-order chi connectivity index (χ0) is 24.3. The van der Waals surface area contributed by atoms with Crippen LogP contribution in [0.2, 0.25) is 10.0 Å². The zero-order valence-electron chi connectivity index (χ0n) is 18.5. The highest BCUT2D eigenvalue weighted by Gasteiger charge is 2.33. The Morgan fingerprint density at radius 2 is 1.67 bits per heavy atom. The summed E-state index contributed by atoms with van der Waals surface area (Å²) in [7, 11) is 1.79. The summed E-state index contributed by atoms with van der Waals surface area (Å²) in [6.07, 6.45) is -0.252. The van der Waals surface area contributed by atoms with E-state index in [1.54, 1.807) is 56.1 Å². The molecule has 1 atom stereocenters. The molecule has 10 heteroatoms. The normalized spacial score (nSPS) is 15.9. The molecule has 2 aromatic carbocycles. The molecule has 1 aliphatic rings. The molecule has 0 spiro atoms. The maximum Gasteiger partial charge on any atom is 0.338 e. The number of allylic oxidation sites excluding steroid dienone is 1. The fourth-order valence-electron chi connectivity index (χ4n) is 3.25. The quantitative estimate of drug-likeness (QED) is 0.355. The number of rotatable bonds is 5. The molecule has 7 nitrogen and oxygen atoms in total. The molecule has 0 saturated heterocycles. The molecule has 33 heavy (non-hydrogen) atoms. The maximum atomic E-state index is 12.8. The van der Waals surface area contributed by atoms with Gasteiger partial charge in [0.05, 0.1) is 27.8 Å². The zero-order valence-corrected chi connectivity index (χ0v) is 20.9. The van der Waals surface area contributed by atoms with Crippen LogP contribution < -0.4 is 16.0 Å². The lowest BCUT2D eigenvalue weighted by molar-refractivity contribution is -0.143. The lowest BCUT2D eigenvalue weighted by Crippen LogP contribution is -2.46. The molecule has 0 aliphatic carbocycles. The summed E-state index contributed by atoms with van der Waals surface area (Å²) in [4.78, 5) is 26.9. The Balaban J connectivity index is 1.77. The number of carbonyl (C=O) groups excluding carboxylic acids is 2. The number of anilines is 2. The third-order valence-corrected chi connectivity index (χ3v) is 6.13. The number of hydrogen-bond acceptors (Lipinski definition) is 4. The van der Waals surface area contributed by atoms with Gasteiger partial charge in [-0.3, -0.25) is 0 Å². The highest BCUT2D eigenvalue weighted by atomic mass is 35.5. The number of hydrogen-bond donors (Lipinski definition) is 3. The summed E-state index contributed by atoms with van der Waals surface area (Å²) in [6, 6.07) is 11.0. The first-order chi connectivity index (χ1) is 15.6. The molecule has 0 bridgehead atoms. The first-order valence-corrected chi connectivity index (χ1v) is 11.3. The van der Waals surface area contributed by atoms with Crippen molar-refractivity contribution in [3.63, 3.8) is 0 Å². The molecule has 174 valence electrons. The van der Waals surface area contributed by atoms with Gasteiger partial charge in [0.1, 0.15) is 0 Å². The van der Waals surface area contributed by atoms with E-state index >= 15 is 0 Å². The Kier molecular flexibility index (Phi) is 7.84. The summed E-state index contributed by atoms with van der Waals surface area (Å²) in [5, 5.41) is 9.90. The monoisotopic (exact) mass is 506 g/mol. The number of nitrogens with one attached hydrogen (secondary N) is 3. The molecule has 0 aromatic heterocycles. The van der Waals surface area contributed by atoms with Crippen LogP contribution in [-0.2, 0) is 9.53 Å². The van der Waals surface area contributed by atoms with Gasteiger partial charge in [0.15, 0.2) is 5.11 Å². The van der Waals surface area contributed by atoms with Gasteiger partial charge in [0.25, 0.3) is 0 Å². The minimum Gasteiger partial charge on any atom is -0.459 e. The van der Waals surface area contributed by atoms with Gasteiger partial charge in [-0.25, -0.2) is 9.59 Å². The molecule has 3 N–H and O–H groups in total. The number of amides is 2. The molecule has 1 heterocycles. The molecule has 0 saturated carbocycles. The van der Waals surface area contributed by atoms with Gasteiger partial charge in [-0.05, 0) is 68.9 Å². The van der Waals surface area contributed by atoms with Crippen LogP contribution in [0.1, 0.15) is 32.4 Å². The number of thiocarbonyl (C=S) groups is 1. The van der Waals surface area contributed by atoms with Crippen molar-refractivity contribution in [3.05, 3.63) is 69.3 Å². The number of ether oxygens (including phenoxy) is 1. The molecule has 1 aliphatic heterocycles. The molecular weight excluding hydrogens is 483 g/mol. The van der Waals surface area contributed by atoms with Gasteiger partial charge < -0.3 is 25.6 Å². The molecule has 2 aromatic rings. The summed E-state index contributed by atoms with van der Waals surface area (Å²) >= 11 is 17.3. The van der Waals surface area contributed by atoms with Crippen LogP contribution >= 0.6 is 35.4 Å². The number of esters is 1. The van der Waals surface area contributed by atoms with Gasteiger partial charge in [-0.1, -0.05) is 35.3 Å². The highest BCUT2D eigenvalue weighted by molar-refractivity contribution is 7.80. The van der Waals surface area contributed by atoms with Crippen molar-refractivity contribution < 1.29 is 14.3 Å². The second kappa shape index (κ2) is 10.4. The summed E-state index contributed by atoms with van der Waals surface area (Å²) in [6.45, 7) is 5.44. The van der Waals surface area contributed by atoms with Crippen LogP contribution in [0.15, 0.2) is 53.7 Å². The van der Waals surface area contributed by atoms with E-state index < -0.39 is 18.0 Å². The fraction of sp³-hybridized carbons (Fsp3) is 0.261. The lowest BCUT2D eigenvalue weighted by atomic mass is 9.95. The number of nitrogens with zero attached hydrogens (tertiary/aromatic N) is 1. The largest absolute Gasteiger partial charge is 0.459 e. The van der Waals surface area contributed by atoms with Crippen molar-refractivity contribution in [2.75, 3.05) is 17.7 Å². The summed E-state index contributed by atoms with van der Waals surface area (Å²) in [5.74, 6) is -0.405. The van der Waals surface area contributed by atoms with E-state index in [2.05, 4.69) is 16.0 Å². The summed E-state index contributed by atoms with van der Waals surface area (Å²) in [5.41, 5.74) is 3.08. The van der Waals surface area contributed by atoms with E-state index in [9.17, 15) is 9.59 Å². The molecule has 3 rings (SSSR count). The minimum absolute atomic E-state index is 0.252. The highest BCUT2D eigenvalue weighted by Crippen LogP contribution is 2.32. The predicted octanol–water partition coefficient (Wildman–Crippen LogP) is 5.72. The van der Waals surface area contributed by atoms with Crippen molar-refractivity contribution >= 4 is 63.9 Å². The van der Waals surface area contributed by atoms with Crippen molar-refractivity contribution in [3.8, 4) is 0 Å². The Morgan fingerprint density at radius 3 is 2.27 bits per heavy atom. The van der Waals surface area contributed by atoms with Crippen LogP contribution in [0.5, 0.6) is 0 Å². The van der Waals surface area contributed by atoms with Crippen LogP contribution in [0.3, 0.4) is 0 Å². The Bertz CT molecular complexity index is 1120.